The van der Waals surface area contributed by atoms with Crippen LogP contribution in [0, 0.1) is 4.77 Å². The van der Waals surface area contributed by atoms with Crippen LogP contribution < -0.4 is 4.74 Å². The lowest BCUT2D eigenvalue weighted by Crippen LogP contribution is -2.05. The van der Waals surface area contributed by atoms with Crippen molar-refractivity contribution in [3.05, 3.63) is 34.6 Å². The lowest BCUT2D eigenvalue weighted by Gasteiger charge is -2.11. The maximum Gasteiger partial charge on any atom is 0.178 e. The van der Waals surface area contributed by atoms with Crippen LogP contribution in [0.1, 0.15) is 39.5 Å². The number of hydrogen-bond donors (Lipinski definition) is 1. The molecule has 0 bridgehead atoms. The summed E-state index contributed by atoms with van der Waals surface area (Å²) in [5.74, 6) is 0.882. The monoisotopic (exact) mass is 302 g/mol. The molecular formula is C17H22N2OS. The van der Waals surface area contributed by atoms with Gasteiger partial charge in [-0.05, 0) is 63.9 Å². The number of nitrogens with zero attached hydrogens (tertiary/aromatic N) is 1. The van der Waals surface area contributed by atoms with Crippen molar-refractivity contribution < 1.29 is 4.74 Å². The predicted molar refractivity (Wildman–Crippen MR) is 89.4 cm³/mol. The second kappa shape index (κ2) is 6.06. The Morgan fingerprint density at radius 2 is 2.24 bits per heavy atom. The predicted octanol–water partition coefficient (Wildman–Crippen LogP) is 4.99. The Bertz CT molecular complexity index is 724. The van der Waals surface area contributed by atoms with E-state index in [4.69, 9.17) is 17.0 Å². The van der Waals surface area contributed by atoms with Crippen molar-refractivity contribution in [3.8, 4) is 5.75 Å². The van der Waals surface area contributed by atoms with E-state index in [9.17, 15) is 0 Å². The zero-order chi connectivity index (χ0) is 14.8. The molecule has 0 spiro atoms. The Kier molecular flexibility index (Phi) is 4.15. The lowest BCUT2D eigenvalue weighted by molar-refractivity contribution is 0.245. The molecule has 0 unspecified atom stereocenters. The summed E-state index contributed by atoms with van der Waals surface area (Å²) in [4.78, 5) is 3.31. The highest BCUT2D eigenvalue weighted by molar-refractivity contribution is 7.71. The molecule has 1 aromatic carbocycles. The van der Waals surface area contributed by atoms with E-state index in [2.05, 4.69) is 21.7 Å². The van der Waals surface area contributed by atoms with Gasteiger partial charge in [0.05, 0.1) is 11.6 Å². The minimum Gasteiger partial charge on any atom is -0.489 e. The van der Waals surface area contributed by atoms with E-state index in [-0.39, 0.29) is 6.10 Å². The second-order valence-electron chi connectivity index (χ2n) is 5.90. The number of imidazole rings is 1. The minimum absolute atomic E-state index is 0.157. The van der Waals surface area contributed by atoms with Crippen molar-refractivity contribution in [1.29, 1.82) is 0 Å². The molecule has 112 valence electrons. The Morgan fingerprint density at radius 3 is 2.95 bits per heavy atom. The average molecular weight is 302 g/mol. The van der Waals surface area contributed by atoms with E-state index < -0.39 is 0 Å². The number of rotatable bonds is 5. The van der Waals surface area contributed by atoms with Gasteiger partial charge < -0.3 is 14.3 Å². The van der Waals surface area contributed by atoms with E-state index in [0.717, 1.165) is 34.5 Å². The molecule has 0 atom stereocenters. The van der Waals surface area contributed by atoms with Crippen LogP contribution in [-0.2, 0) is 6.54 Å². The maximum atomic E-state index is 5.87. The van der Waals surface area contributed by atoms with Gasteiger partial charge in [0.1, 0.15) is 11.3 Å². The number of allylic oxidation sites excluding steroid dienone is 2. The summed E-state index contributed by atoms with van der Waals surface area (Å²) >= 11 is 5.50. The quantitative estimate of drug-likeness (QED) is 0.623. The molecule has 3 rings (SSSR count). The number of hydrogen-bond acceptors (Lipinski definition) is 2. The standard InChI is InChI=1S/C17H22N2OS/c1-12(2)20-15-9-5-8-14-16(15)18-17(21)19(14)11-10-13-6-3-4-7-13/h5-6,8-9,12H,3-4,7,10-11H2,1-2H3,(H,18,21). The molecule has 1 heterocycles. The van der Waals surface area contributed by atoms with Crippen LogP contribution in [0.25, 0.3) is 11.0 Å². The van der Waals surface area contributed by atoms with Crippen LogP contribution in [0.4, 0.5) is 0 Å². The van der Waals surface area contributed by atoms with Crippen molar-refractivity contribution >= 4 is 23.3 Å². The van der Waals surface area contributed by atoms with Crippen molar-refractivity contribution in [2.45, 2.75) is 52.2 Å². The van der Waals surface area contributed by atoms with E-state index in [0.29, 0.717) is 0 Å². The van der Waals surface area contributed by atoms with E-state index in [1.165, 1.54) is 19.3 Å². The molecule has 0 aliphatic heterocycles. The van der Waals surface area contributed by atoms with Crippen molar-refractivity contribution in [3.63, 3.8) is 0 Å². The highest BCUT2D eigenvalue weighted by Crippen LogP contribution is 2.27. The highest BCUT2D eigenvalue weighted by Gasteiger charge is 2.11. The van der Waals surface area contributed by atoms with Crippen LogP contribution in [0.5, 0.6) is 5.75 Å². The molecule has 1 aliphatic rings. The normalized spacial score (nSPS) is 14.9. The molecule has 1 aliphatic carbocycles. The maximum absolute atomic E-state index is 5.87. The van der Waals surface area contributed by atoms with Gasteiger partial charge in [0.25, 0.3) is 0 Å². The molecule has 21 heavy (non-hydrogen) atoms. The molecule has 0 fully saturated rings. The smallest absolute Gasteiger partial charge is 0.178 e. The summed E-state index contributed by atoms with van der Waals surface area (Å²) in [7, 11) is 0. The molecule has 3 nitrogen and oxygen atoms in total. The molecule has 0 saturated carbocycles. The average Bonchev–Trinajstić information content (AvgIpc) is 3.04. The van der Waals surface area contributed by atoms with Gasteiger partial charge in [-0.2, -0.15) is 0 Å². The zero-order valence-electron chi connectivity index (χ0n) is 12.7. The molecular weight excluding hydrogens is 280 g/mol. The van der Waals surface area contributed by atoms with Crippen LogP contribution in [0.15, 0.2) is 29.8 Å². The third-order valence-corrected chi connectivity index (χ3v) is 4.25. The number of ether oxygens (including phenoxy) is 1. The first-order chi connectivity index (χ1) is 10.1. The molecule has 1 N–H and O–H groups in total. The summed E-state index contributed by atoms with van der Waals surface area (Å²) in [6.07, 6.45) is 7.42. The van der Waals surface area contributed by atoms with Crippen molar-refractivity contribution in [2.75, 3.05) is 0 Å². The van der Waals surface area contributed by atoms with Crippen LogP contribution in [0.3, 0.4) is 0 Å². The van der Waals surface area contributed by atoms with Crippen molar-refractivity contribution in [2.24, 2.45) is 0 Å². The van der Waals surface area contributed by atoms with Gasteiger partial charge in [-0.1, -0.05) is 17.7 Å². The SMILES string of the molecule is CC(C)Oc1cccc2c1[nH]c(=S)n2CCC1=CCCC1. The summed E-state index contributed by atoms with van der Waals surface area (Å²) < 4.78 is 8.84. The number of aromatic nitrogens is 2. The first kappa shape index (κ1) is 14.4. The van der Waals surface area contributed by atoms with E-state index in [1.54, 1.807) is 5.57 Å². The van der Waals surface area contributed by atoms with E-state index in [1.807, 2.05) is 26.0 Å². The summed E-state index contributed by atoms with van der Waals surface area (Å²) in [5, 5.41) is 0. The van der Waals surface area contributed by atoms with Crippen LogP contribution in [-0.4, -0.2) is 15.7 Å². The van der Waals surface area contributed by atoms with Crippen LogP contribution >= 0.6 is 12.2 Å². The Labute approximate surface area is 130 Å². The van der Waals surface area contributed by atoms with E-state index >= 15 is 0 Å². The van der Waals surface area contributed by atoms with Gasteiger partial charge in [-0.15, -0.1) is 0 Å². The Morgan fingerprint density at radius 1 is 1.38 bits per heavy atom. The number of H-pyrrole nitrogens is 1. The number of nitrogens with one attached hydrogen (secondary N) is 1. The van der Waals surface area contributed by atoms with Gasteiger partial charge >= 0.3 is 0 Å². The van der Waals surface area contributed by atoms with Crippen LogP contribution in [0.2, 0.25) is 0 Å². The summed E-state index contributed by atoms with van der Waals surface area (Å²) in [6, 6.07) is 6.14. The van der Waals surface area contributed by atoms with Gasteiger partial charge in [0.15, 0.2) is 4.77 Å². The fraction of sp³-hybridized carbons (Fsp3) is 0.471. The number of benzene rings is 1. The molecule has 4 heteroatoms. The third kappa shape index (κ3) is 3.05. The number of fused-ring (bicyclic) bond motifs is 1. The fourth-order valence-electron chi connectivity index (χ4n) is 2.95. The second-order valence-corrected chi connectivity index (χ2v) is 6.29. The molecule has 0 saturated heterocycles. The summed E-state index contributed by atoms with van der Waals surface area (Å²) in [6.45, 7) is 5.02. The molecule has 1 aromatic heterocycles. The fourth-order valence-corrected chi connectivity index (χ4v) is 3.24. The first-order valence-electron chi connectivity index (χ1n) is 7.71. The van der Waals surface area contributed by atoms with Crippen molar-refractivity contribution in [1.82, 2.24) is 9.55 Å². The number of aromatic amines is 1. The lowest BCUT2D eigenvalue weighted by atomic mass is 10.1. The topological polar surface area (TPSA) is 29.9 Å². The molecule has 0 radical (unpaired) electrons. The number of aryl methyl sites for hydroxylation is 1. The van der Waals surface area contributed by atoms with Gasteiger partial charge in [-0.3, -0.25) is 0 Å². The Balaban J connectivity index is 1.91. The zero-order valence-corrected chi connectivity index (χ0v) is 13.5. The Hall–Kier alpha value is -1.55. The molecule has 2 aromatic rings. The third-order valence-electron chi connectivity index (χ3n) is 3.93. The minimum atomic E-state index is 0.157. The first-order valence-corrected chi connectivity index (χ1v) is 8.12. The summed E-state index contributed by atoms with van der Waals surface area (Å²) in [5.41, 5.74) is 3.72. The largest absolute Gasteiger partial charge is 0.489 e. The van der Waals surface area contributed by atoms with Gasteiger partial charge in [0, 0.05) is 6.54 Å². The number of para-hydroxylation sites is 1. The van der Waals surface area contributed by atoms with Gasteiger partial charge in [-0.25, -0.2) is 0 Å². The molecule has 0 amide bonds. The highest BCUT2D eigenvalue weighted by atomic mass is 32.1. The van der Waals surface area contributed by atoms with Gasteiger partial charge in [0.2, 0.25) is 0 Å².